The minimum Gasteiger partial charge on any atom is -0.309 e. The second-order valence-electron chi connectivity index (χ2n) is 5.81. The molecule has 0 aliphatic heterocycles. The highest BCUT2D eigenvalue weighted by atomic mass is 32.2. The van der Waals surface area contributed by atoms with Crippen LogP contribution >= 0.6 is 23.1 Å². The summed E-state index contributed by atoms with van der Waals surface area (Å²) in [5.74, 6) is 0.666. The number of thioether (sulfide) groups is 1. The molecule has 120 valence electrons. The number of fused-ring (bicyclic) bond motifs is 1. The van der Waals surface area contributed by atoms with Crippen molar-refractivity contribution in [1.29, 1.82) is 0 Å². The summed E-state index contributed by atoms with van der Waals surface area (Å²) in [6.07, 6.45) is 2.25. The number of nitrogens with zero attached hydrogens (tertiary/aromatic N) is 5. The summed E-state index contributed by atoms with van der Waals surface area (Å²) in [5.41, 5.74) is 0.948. The number of H-pyrrole nitrogens is 1. The van der Waals surface area contributed by atoms with E-state index in [1.165, 1.54) is 11.8 Å². The lowest BCUT2D eigenvalue weighted by molar-refractivity contribution is 0.564. The van der Waals surface area contributed by atoms with E-state index in [0.29, 0.717) is 17.3 Å². The van der Waals surface area contributed by atoms with Crippen molar-refractivity contribution in [3.63, 3.8) is 0 Å². The molecule has 7 nitrogen and oxygen atoms in total. The zero-order chi connectivity index (χ0) is 16.1. The Morgan fingerprint density at radius 2 is 2.17 bits per heavy atom. The van der Waals surface area contributed by atoms with E-state index in [4.69, 9.17) is 0 Å². The third-order valence-corrected chi connectivity index (χ3v) is 6.24. The topological polar surface area (TPSA) is 89.3 Å². The van der Waals surface area contributed by atoms with E-state index in [-0.39, 0.29) is 10.8 Å². The molecule has 4 rings (SSSR count). The lowest BCUT2D eigenvalue weighted by Crippen LogP contribution is -2.12. The van der Waals surface area contributed by atoms with E-state index < -0.39 is 0 Å². The summed E-state index contributed by atoms with van der Waals surface area (Å²) in [6, 6.07) is 0.428. The molecule has 3 aromatic rings. The highest BCUT2D eigenvalue weighted by Gasteiger charge is 2.29. The average molecular weight is 348 g/mol. The molecule has 0 saturated heterocycles. The van der Waals surface area contributed by atoms with Gasteiger partial charge in [0.2, 0.25) is 5.16 Å². The van der Waals surface area contributed by atoms with Gasteiger partial charge in [-0.2, -0.15) is 0 Å². The molecule has 1 unspecified atom stereocenters. The summed E-state index contributed by atoms with van der Waals surface area (Å²) >= 11 is 3.09. The third kappa shape index (κ3) is 2.57. The Kier molecular flexibility index (Phi) is 3.49. The van der Waals surface area contributed by atoms with Gasteiger partial charge in [-0.25, -0.2) is 9.67 Å². The zero-order valence-electron chi connectivity index (χ0n) is 13.0. The second-order valence-corrected chi connectivity index (χ2v) is 8.32. The molecule has 1 fully saturated rings. The standard InChI is InChI=1S/C14H16N6OS2/c1-6-7(2)22-13-10(6)12(21)15-11(16-13)8(3)23-14-17-18-19-20(14)9-4-5-9/h8-9H,4-5H2,1-3H3,(H,15,16,21). The van der Waals surface area contributed by atoms with Gasteiger partial charge in [0.15, 0.2) is 0 Å². The van der Waals surface area contributed by atoms with Gasteiger partial charge in [0.1, 0.15) is 10.7 Å². The summed E-state index contributed by atoms with van der Waals surface area (Å²) in [6.45, 7) is 5.99. The van der Waals surface area contributed by atoms with Crippen molar-refractivity contribution in [2.24, 2.45) is 0 Å². The maximum atomic E-state index is 12.4. The maximum absolute atomic E-state index is 12.4. The normalized spacial score (nSPS) is 16.1. The van der Waals surface area contributed by atoms with Gasteiger partial charge in [-0.3, -0.25) is 4.79 Å². The van der Waals surface area contributed by atoms with Crippen LogP contribution in [0.3, 0.4) is 0 Å². The predicted molar refractivity (Wildman–Crippen MR) is 90.1 cm³/mol. The molecule has 3 heterocycles. The monoisotopic (exact) mass is 348 g/mol. The average Bonchev–Trinajstić information content (AvgIpc) is 3.18. The molecule has 1 N–H and O–H groups in total. The van der Waals surface area contributed by atoms with E-state index in [9.17, 15) is 4.79 Å². The second kappa shape index (κ2) is 5.41. The number of hydrogen-bond acceptors (Lipinski definition) is 7. The largest absolute Gasteiger partial charge is 0.309 e. The maximum Gasteiger partial charge on any atom is 0.259 e. The number of rotatable bonds is 4. The Labute approximate surface area is 140 Å². The number of tetrazole rings is 1. The third-order valence-electron chi connectivity index (χ3n) is 4.08. The number of hydrogen-bond donors (Lipinski definition) is 1. The van der Waals surface area contributed by atoms with Gasteiger partial charge < -0.3 is 4.98 Å². The minimum absolute atomic E-state index is 0.0293. The van der Waals surface area contributed by atoms with E-state index in [1.807, 2.05) is 25.5 Å². The Morgan fingerprint density at radius 1 is 1.39 bits per heavy atom. The smallest absolute Gasteiger partial charge is 0.259 e. The molecule has 9 heteroatoms. The van der Waals surface area contributed by atoms with Crippen molar-refractivity contribution in [1.82, 2.24) is 30.2 Å². The number of aromatic amines is 1. The quantitative estimate of drug-likeness (QED) is 0.729. The van der Waals surface area contributed by atoms with Crippen molar-refractivity contribution in [2.45, 2.75) is 50.1 Å². The first-order valence-electron chi connectivity index (χ1n) is 7.49. The molecule has 0 aromatic carbocycles. The fourth-order valence-corrected chi connectivity index (χ4v) is 4.44. The Hall–Kier alpha value is -1.74. The van der Waals surface area contributed by atoms with Crippen LogP contribution in [0.4, 0.5) is 0 Å². The highest BCUT2D eigenvalue weighted by Crippen LogP contribution is 2.39. The van der Waals surface area contributed by atoms with Gasteiger partial charge in [-0.1, -0.05) is 11.8 Å². The van der Waals surface area contributed by atoms with Gasteiger partial charge in [0.05, 0.1) is 16.7 Å². The molecule has 0 amide bonds. The van der Waals surface area contributed by atoms with Crippen LogP contribution in [-0.4, -0.2) is 30.2 Å². The minimum atomic E-state index is -0.0684. The van der Waals surface area contributed by atoms with Gasteiger partial charge >= 0.3 is 0 Å². The number of aryl methyl sites for hydroxylation is 2. The molecule has 0 radical (unpaired) electrons. The molecule has 23 heavy (non-hydrogen) atoms. The fourth-order valence-electron chi connectivity index (χ4n) is 2.49. The van der Waals surface area contributed by atoms with Gasteiger partial charge in [0, 0.05) is 4.88 Å². The first-order chi connectivity index (χ1) is 11.0. The molecule has 0 bridgehead atoms. The molecule has 3 aromatic heterocycles. The van der Waals surface area contributed by atoms with Crippen LogP contribution in [0, 0.1) is 13.8 Å². The fraction of sp³-hybridized carbons (Fsp3) is 0.500. The van der Waals surface area contributed by atoms with Crippen molar-refractivity contribution in [3.8, 4) is 0 Å². The van der Waals surface area contributed by atoms with Gasteiger partial charge in [-0.15, -0.1) is 16.4 Å². The molecular weight excluding hydrogens is 332 g/mol. The predicted octanol–water partition coefficient (Wildman–Crippen LogP) is 2.78. The van der Waals surface area contributed by atoms with E-state index >= 15 is 0 Å². The van der Waals surface area contributed by atoms with E-state index in [0.717, 1.165) is 33.3 Å². The van der Waals surface area contributed by atoms with Crippen molar-refractivity contribution < 1.29 is 0 Å². The van der Waals surface area contributed by atoms with E-state index in [1.54, 1.807) is 11.3 Å². The summed E-state index contributed by atoms with van der Waals surface area (Å²) in [7, 11) is 0. The van der Waals surface area contributed by atoms with Gasteiger partial charge in [0.25, 0.3) is 5.56 Å². The van der Waals surface area contributed by atoms with E-state index in [2.05, 4.69) is 25.5 Å². The molecular formula is C14H16N6OS2. The summed E-state index contributed by atoms with van der Waals surface area (Å²) in [5, 5.41) is 13.4. The lowest BCUT2D eigenvalue weighted by atomic mass is 10.2. The van der Waals surface area contributed by atoms with Gasteiger partial charge in [-0.05, 0) is 49.6 Å². The summed E-state index contributed by atoms with van der Waals surface area (Å²) < 4.78 is 1.87. The summed E-state index contributed by atoms with van der Waals surface area (Å²) in [4.78, 5) is 21.9. The molecule has 1 saturated carbocycles. The van der Waals surface area contributed by atoms with Crippen molar-refractivity contribution >= 4 is 33.3 Å². The Balaban J connectivity index is 1.68. The van der Waals surface area contributed by atoms with Crippen LogP contribution in [0.1, 0.15) is 47.3 Å². The van der Waals surface area contributed by atoms with Crippen molar-refractivity contribution in [2.75, 3.05) is 0 Å². The first-order valence-corrected chi connectivity index (χ1v) is 9.18. The number of nitrogens with one attached hydrogen (secondary N) is 1. The van der Waals surface area contributed by atoms with Crippen LogP contribution in [0.5, 0.6) is 0 Å². The van der Waals surface area contributed by atoms with Crippen molar-refractivity contribution in [3.05, 3.63) is 26.6 Å². The highest BCUT2D eigenvalue weighted by molar-refractivity contribution is 7.99. The van der Waals surface area contributed by atoms with Crippen LogP contribution in [0.15, 0.2) is 9.95 Å². The molecule has 0 spiro atoms. The Bertz CT molecular complexity index is 939. The molecule has 1 atom stereocenters. The van der Waals surface area contributed by atoms with Crippen LogP contribution in [0.25, 0.3) is 10.2 Å². The Morgan fingerprint density at radius 3 is 2.91 bits per heavy atom. The van der Waals surface area contributed by atoms with Crippen LogP contribution in [0.2, 0.25) is 0 Å². The first kappa shape index (κ1) is 14.8. The number of aromatic nitrogens is 6. The lowest BCUT2D eigenvalue weighted by Gasteiger charge is -2.10. The number of thiophene rings is 1. The van der Waals surface area contributed by atoms with Crippen LogP contribution in [-0.2, 0) is 0 Å². The molecule has 1 aliphatic rings. The molecule has 1 aliphatic carbocycles. The zero-order valence-corrected chi connectivity index (χ0v) is 14.7. The van der Waals surface area contributed by atoms with Crippen LogP contribution < -0.4 is 5.56 Å². The SMILES string of the molecule is Cc1sc2nc(C(C)Sc3nnnn3C3CC3)[nH]c(=O)c2c1C.